The zero-order valence-electron chi connectivity index (χ0n) is 20.5. The molecule has 3 aromatic heterocycles. The lowest BCUT2D eigenvalue weighted by atomic mass is 10.2. The number of nitrogens with zero attached hydrogens (tertiary/aromatic N) is 5. The van der Waals surface area contributed by atoms with Crippen LogP contribution in [0.4, 0.5) is 13.2 Å². The molecule has 3 heterocycles. The Morgan fingerprint density at radius 3 is 2.42 bits per heavy atom. The molecule has 38 heavy (non-hydrogen) atoms. The van der Waals surface area contributed by atoms with Crippen molar-refractivity contribution in [2.75, 3.05) is 0 Å². The third-order valence-corrected chi connectivity index (χ3v) is 8.99. The second kappa shape index (κ2) is 8.88. The molecule has 202 valence electrons. The van der Waals surface area contributed by atoms with Crippen LogP contribution in [0.15, 0.2) is 44.9 Å². The van der Waals surface area contributed by atoms with Gasteiger partial charge in [-0.2, -0.15) is 18.3 Å². The zero-order chi connectivity index (χ0) is 27.6. The Bertz CT molecular complexity index is 1800. The maximum Gasteiger partial charge on any atom is 0.435 e. The molecule has 0 unspecified atom stereocenters. The summed E-state index contributed by atoms with van der Waals surface area (Å²) in [5, 5.41) is 4.16. The zero-order valence-corrected chi connectivity index (χ0v) is 22.2. The molecule has 0 bridgehead atoms. The van der Waals surface area contributed by atoms with Crippen molar-refractivity contribution in [2.24, 2.45) is 7.05 Å². The highest BCUT2D eigenvalue weighted by Crippen LogP contribution is 2.36. The van der Waals surface area contributed by atoms with Gasteiger partial charge in [-0.05, 0) is 51.0 Å². The van der Waals surface area contributed by atoms with Gasteiger partial charge >= 0.3 is 11.9 Å². The summed E-state index contributed by atoms with van der Waals surface area (Å²) in [6.45, 7) is 3.07. The Balaban J connectivity index is 1.69. The molecule has 4 aromatic rings. The van der Waals surface area contributed by atoms with Crippen LogP contribution in [0.5, 0.6) is 0 Å². The van der Waals surface area contributed by atoms with E-state index in [1.54, 1.807) is 13.8 Å². The minimum absolute atomic E-state index is 0.0622. The topological polar surface area (TPSA) is 121 Å². The van der Waals surface area contributed by atoms with Gasteiger partial charge in [-0.15, -0.1) is 11.3 Å². The van der Waals surface area contributed by atoms with Crippen molar-refractivity contribution in [3.63, 3.8) is 0 Å². The number of aryl methyl sites for hydroxylation is 2. The maximum absolute atomic E-state index is 13.5. The van der Waals surface area contributed by atoms with E-state index < -0.39 is 38.7 Å². The molecular weight excluding hydrogens is 545 g/mol. The fraction of sp³-hybridized carbons (Fsp3) is 0.391. The second-order valence-corrected chi connectivity index (χ2v) is 12.6. The number of benzene rings is 1. The van der Waals surface area contributed by atoms with Gasteiger partial charge in [-0.25, -0.2) is 22.9 Å². The smallest absolute Gasteiger partial charge is 0.287 e. The van der Waals surface area contributed by atoms with Crippen molar-refractivity contribution in [2.45, 2.75) is 56.4 Å². The third-order valence-electron chi connectivity index (χ3n) is 6.46. The summed E-state index contributed by atoms with van der Waals surface area (Å²) in [6.07, 6.45) is -1.78. The lowest BCUT2D eigenvalue weighted by Crippen LogP contribution is -2.41. The quantitative estimate of drug-likeness (QED) is 0.366. The van der Waals surface area contributed by atoms with Crippen molar-refractivity contribution in [3.05, 3.63) is 72.6 Å². The molecule has 1 N–H and O–H groups in total. The van der Waals surface area contributed by atoms with Crippen LogP contribution >= 0.6 is 11.3 Å². The summed E-state index contributed by atoms with van der Waals surface area (Å²) in [6, 6.07) is 4.62. The van der Waals surface area contributed by atoms with Gasteiger partial charge in [-0.1, -0.05) is 0 Å². The SMILES string of the molecule is Cc1ncc(Cn2c(=O)c3cc(S(=O)(=O)NC4(C)CC4)ccc3n(Cc3cc(C(F)(F)F)nn3C)c2=O)s1. The second-order valence-electron chi connectivity index (χ2n) is 9.59. The average Bonchev–Trinajstić information content (AvgIpc) is 3.20. The minimum Gasteiger partial charge on any atom is -0.287 e. The first-order chi connectivity index (χ1) is 17.7. The molecule has 1 fully saturated rings. The van der Waals surface area contributed by atoms with Gasteiger partial charge in [0.2, 0.25) is 10.0 Å². The van der Waals surface area contributed by atoms with E-state index in [2.05, 4.69) is 14.8 Å². The van der Waals surface area contributed by atoms with E-state index in [0.29, 0.717) is 17.7 Å². The number of rotatable bonds is 7. The van der Waals surface area contributed by atoms with Gasteiger partial charge in [0.1, 0.15) is 0 Å². The number of hydrogen-bond acceptors (Lipinski definition) is 7. The maximum atomic E-state index is 13.5. The van der Waals surface area contributed by atoms with Crippen LogP contribution in [0.1, 0.15) is 41.0 Å². The molecule has 0 amide bonds. The molecule has 5 rings (SSSR count). The molecule has 1 aromatic carbocycles. The minimum atomic E-state index is -4.68. The summed E-state index contributed by atoms with van der Waals surface area (Å²) < 4.78 is 71.4. The first-order valence-corrected chi connectivity index (χ1v) is 13.8. The van der Waals surface area contributed by atoms with E-state index in [-0.39, 0.29) is 34.6 Å². The molecule has 1 aliphatic rings. The predicted octanol–water partition coefficient (Wildman–Crippen LogP) is 2.61. The van der Waals surface area contributed by atoms with E-state index in [9.17, 15) is 31.2 Å². The molecule has 1 aliphatic carbocycles. The molecule has 0 aliphatic heterocycles. The number of fused-ring (bicyclic) bond motifs is 1. The predicted molar refractivity (Wildman–Crippen MR) is 134 cm³/mol. The van der Waals surface area contributed by atoms with Crippen molar-refractivity contribution < 1.29 is 21.6 Å². The van der Waals surface area contributed by atoms with Crippen molar-refractivity contribution in [1.82, 2.24) is 28.6 Å². The molecular formula is C23H23F3N6O4S2. The molecule has 15 heteroatoms. The standard InChI is InChI=1S/C23H23F3N6O4S2/c1-13-27-10-15(37-13)12-32-20(33)17-9-16(38(35,36)29-22(2)6-7-22)4-5-18(17)31(21(32)34)11-14-8-19(23(24,25)26)28-30(14)3/h4-5,8-10,29H,6-7,11-12H2,1-3H3. The third kappa shape index (κ3) is 4.92. The normalized spacial score (nSPS) is 15.3. The van der Waals surface area contributed by atoms with Crippen LogP contribution in [-0.4, -0.2) is 37.9 Å². The molecule has 0 atom stereocenters. The van der Waals surface area contributed by atoms with Gasteiger partial charge in [0.05, 0.1) is 39.6 Å². The van der Waals surface area contributed by atoms with Crippen LogP contribution in [-0.2, 0) is 36.3 Å². The van der Waals surface area contributed by atoms with Crippen molar-refractivity contribution >= 4 is 32.3 Å². The van der Waals surface area contributed by atoms with Crippen molar-refractivity contribution in [1.29, 1.82) is 0 Å². The van der Waals surface area contributed by atoms with Gasteiger partial charge < -0.3 is 0 Å². The number of thiazole rings is 1. The first-order valence-electron chi connectivity index (χ1n) is 11.5. The summed E-state index contributed by atoms with van der Waals surface area (Å²) >= 11 is 1.28. The van der Waals surface area contributed by atoms with E-state index in [1.807, 2.05) is 0 Å². The van der Waals surface area contributed by atoms with Gasteiger partial charge in [0, 0.05) is 23.7 Å². The highest BCUT2D eigenvalue weighted by Gasteiger charge is 2.41. The van der Waals surface area contributed by atoms with Crippen LogP contribution < -0.4 is 16.0 Å². The fourth-order valence-corrected chi connectivity index (χ4v) is 6.40. The van der Waals surface area contributed by atoms with Gasteiger partial charge in [0.15, 0.2) is 5.69 Å². The van der Waals surface area contributed by atoms with Crippen LogP contribution in [0.3, 0.4) is 0 Å². The molecule has 0 radical (unpaired) electrons. The van der Waals surface area contributed by atoms with Gasteiger partial charge in [0.25, 0.3) is 5.56 Å². The summed E-state index contributed by atoms with van der Waals surface area (Å²) in [5.41, 5.74) is -2.99. The lowest BCUT2D eigenvalue weighted by Gasteiger charge is -2.16. The fourth-order valence-electron chi connectivity index (χ4n) is 4.12. The summed E-state index contributed by atoms with van der Waals surface area (Å²) in [5.74, 6) is 0. The Morgan fingerprint density at radius 1 is 1.13 bits per heavy atom. The first kappa shape index (κ1) is 26.3. The van der Waals surface area contributed by atoms with Crippen LogP contribution in [0, 0.1) is 6.92 Å². The largest absolute Gasteiger partial charge is 0.435 e. The average molecular weight is 569 g/mol. The van der Waals surface area contributed by atoms with E-state index >= 15 is 0 Å². The van der Waals surface area contributed by atoms with Gasteiger partial charge in [-0.3, -0.25) is 18.6 Å². The highest BCUT2D eigenvalue weighted by molar-refractivity contribution is 7.89. The lowest BCUT2D eigenvalue weighted by molar-refractivity contribution is -0.141. The van der Waals surface area contributed by atoms with E-state index in [4.69, 9.17) is 0 Å². The number of aromatic nitrogens is 5. The molecule has 0 spiro atoms. The Hall–Kier alpha value is -3.30. The number of sulfonamides is 1. The molecule has 1 saturated carbocycles. The van der Waals surface area contributed by atoms with E-state index in [0.717, 1.165) is 24.9 Å². The van der Waals surface area contributed by atoms with Crippen LogP contribution in [0.25, 0.3) is 10.9 Å². The number of halogens is 3. The Morgan fingerprint density at radius 2 is 1.84 bits per heavy atom. The molecule has 0 saturated heterocycles. The highest BCUT2D eigenvalue weighted by atomic mass is 32.2. The van der Waals surface area contributed by atoms with Crippen LogP contribution in [0.2, 0.25) is 0 Å². The summed E-state index contributed by atoms with van der Waals surface area (Å²) in [4.78, 5) is 31.6. The Kier molecular flexibility index (Phi) is 6.15. The summed E-state index contributed by atoms with van der Waals surface area (Å²) in [7, 11) is -2.64. The Labute approximate surface area is 218 Å². The van der Waals surface area contributed by atoms with Crippen molar-refractivity contribution in [3.8, 4) is 0 Å². The monoisotopic (exact) mass is 568 g/mol. The number of hydrogen-bond donors (Lipinski definition) is 1. The molecule has 10 nitrogen and oxygen atoms in total. The number of alkyl halides is 3. The van der Waals surface area contributed by atoms with E-state index in [1.165, 1.54) is 42.8 Å². The number of nitrogens with one attached hydrogen (secondary N) is 1.